The molecule has 1 saturated carbocycles. The number of nitrogens with two attached hydrogens (primary N) is 1. The first-order chi connectivity index (χ1) is 9.29. The van der Waals surface area contributed by atoms with Crippen LogP contribution in [-0.2, 0) is 17.5 Å². The molecule has 1 amide bonds. The monoisotopic (exact) mass is 322 g/mol. The molecule has 1 atom stereocenters. The largest absolute Gasteiger partial charge is 0.416 e. The minimum atomic E-state index is -4.34. The molecule has 0 radical (unpaired) electrons. The maximum absolute atomic E-state index is 12.5. The highest BCUT2D eigenvalue weighted by molar-refractivity contribution is 5.85. The van der Waals surface area contributed by atoms with Crippen molar-refractivity contribution in [3.63, 3.8) is 0 Å². The van der Waals surface area contributed by atoms with E-state index in [9.17, 15) is 18.0 Å². The lowest BCUT2D eigenvalue weighted by atomic mass is 10.1. The third-order valence-electron chi connectivity index (χ3n) is 3.29. The summed E-state index contributed by atoms with van der Waals surface area (Å²) in [7, 11) is 0. The van der Waals surface area contributed by atoms with Gasteiger partial charge in [-0.3, -0.25) is 4.79 Å². The summed E-state index contributed by atoms with van der Waals surface area (Å²) < 4.78 is 37.4. The quantitative estimate of drug-likeness (QED) is 0.926. The SMILES string of the molecule is CC(N)C(=O)N(Cc1ccc(C(F)(F)F)cc1)C1CC1.Cl. The Bertz CT molecular complexity index is 484. The zero-order valence-corrected chi connectivity index (χ0v) is 12.4. The van der Waals surface area contributed by atoms with E-state index < -0.39 is 17.8 Å². The molecule has 0 aliphatic heterocycles. The predicted octanol–water partition coefficient (Wildman–Crippen LogP) is 2.97. The molecule has 118 valence electrons. The molecular weight excluding hydrogens is 305 g/mol. The molecule has 0 saturated heterocycles. The Labute approximate surface area is 127 Å². The standard InChI is InChI=1S/C14H17F3N2O.ClH/c1-9(18)13(20)19(12-6-7-12)8-10-2-4-11(5-3-10)14(15,16)17;/h2-5,9,12H,6-8,18H2,1H3;1H. The minimum absolute atomic E-state index is 0. The van der Waals surface area contributed by atoms with Crippen LogP contribution in [0.5, 0.6) is 0 Å². The molecule has 2 rings (SSSR count). The van der Waals surface area contributed by atoms with Gasteiger partial charge in [0.1, 0.15) is 0 Å². The lowest BCUT2D eigenvalue weighted by molar-refractivity contribution is -0.137. The zero-order valence-electron chi connectivity index (χ0n) is 11.6. The van der Waals surface area contributed by atoms with Gasteiger partial charge in [0.05, 0.1) is 11.6 Å². The molecule has 1 unspecified atom stereocenters. The number of halogens is 4. The molecule has 1 aliphatic rings. The summed E-state index contributed by atoms with van der Waals surface area (Å²) in [6.07, 6.45) is -2.48. The lowest BCUT2D eigenvalue weighted by Crippen LogP contribution is -2.42. The van der Waals surface area contributed by atoms with Crippen LogP contribution in [0.3, 0.4) is 0 Å². The molecule has 1 aromatic carbocycles. The fourth-order valence-electron chi connectivity index (χ4n) is 2.03. The summed E-state index contributed by atoms with van der Waals surface area (Å²) in [4.78, 5) is 13.6. The van der Waals surface area contributed by atoms with Gasteiger partial charge in [-0.2, -0.15) is 13.2 Å². The average Bonchev–Trinajstić information content (AvgIpc) is 3.18. The van der Waals surface area contributed by atoms with Gasteiger partial charge in [-0.05, 0) is 37.5 Å². The van der Waals surface area contributed by atoms with E-state index in [0.29, 0.717) is 12.1 Å². The molecule has 7 heteroatoms. The van der Waals surface area contributed by atoms with Gasteiger partial charge >= 0.3 is 6.18 Å². The van der Waals surface area contributed by atoms with Crippen LogP contribution in [0.15, 0.2) is 24.3 Å². The molecule has 0 spiro atoms. The van der Waals surface area contributed by atoms with E-state index >= 15 is 0 Å². The maximum atomic E-state index is 12.5. The van der Waals surface area contributed by atoms with Crippen LogP contribution >= 0.6 is 12.4 Å². The lowest BCUT2D eigenvalue weighted by Gasteiger charge is -2.24. The fraction of sp³-hybridized carbons (Fsp3) is 0.500. The number of rotatable bonds is 4. The summed E-state index contributed by atoms with van der Waals surface area (Å²) in [6.45, 7) is 1.92. The van der Waals surface area contributed by atoms with E-state index in [1.807, 2.05) is 0 Å². The summed E-state index contributed by atoms with van der Waals surface area (Å²) in [5.74, 6) is -0.160. The number of hydrogen-bond donors (Lipinski definition) is 1. The molecule has 0 aromatic heterocycles. The number of nitrogens with zero attached hydrogens (tertiary/aromatic N) is 1. The number of benzene rings is 1. The molecule has 2 N–H and O–H groups in total. The zero-order chi connectivity index (χ0) is 14.9. The second-order valence-electron chi connectivity index (χ2n) is 5.18. The van der Waals surface area contributed by atoms with Gasteiger partial charge in [-0.15, -0.1) is 12.4 Å². The summed E-state index contributed by atoms with van der Waals surface area (Å²) in [5, 5.41) is 0. The molecule has 0 heterocycles. The van der Waals surface area contributed by atoms with Crippen LogP contribution in [0.2, 0.25) is 0 Å². The highest BCUT2D eigenvalue weighted by Gasteiger charge is 2.34. The average molecular weight is 323 g/mol. The van der Waals surface area contributed by atoms with Crippen molar-refractivity contribution in [2.45, 2.75) is 44.6 Å². The first-order valence-electron chi connectivity index (χ1n) is 6.51. The Kier molecular flexibility index (Phi) is 5.64. The number of hydrogen-bond acceptors (Lipinski definition) is 2. The Balaban J connectivity index is 0.00000220. The Morgan fingerprint density at radius 3 is 2.24 bits per heavy atom. The molecule has 21 heavy (non-hydrogen) atoms. The highest BCUT2D eigenvalue weighted by Crippen LogP contribution is 2.31. The van der Waals surface area contributed by atoms with E-state index in [-0.39, 0.29) is 24.4 Å². The Hall–Kier alpha value is -1.27. The van der Waals surface area contributed by atoms with Gasteiger partial charge in [0, 0.05) is 12.6 Å². The van der Waals surface area contributed by atoms with Crippen molar-refractivity contribution in [2.75, 3.05) is 0 Å². The van der Waals surface area contributed by atoms with Crippen molar-refractivity contribution >= 4 is 18.3 Å². The molecule has 1 aromatic rings. The summed E-state index contributed by atoms with van der Waals surface area (Å²) in [6, 6.07) is 4.48. The van der Waals surface area contributed by atoms with E-state index in [1.165, 1.54) is 12.1 Å². The topological polar surface area (TPSA) is 46.3 Å². The molecule has 3 nitrogen and oxygen atoms in total. The van der Waals surface area contributed by atoms with E-state index in [2.05, 4.69) is 0 Å². The van der Waals surface area contributed by atoms with Gasteiger partial charge in [0.2, 0.25) is 5.91 Å². The summed E-state index contributed by atoms with van der Waals surface area (Å²) >= 11 is 0. The number of alkyl halides is 3. The molecule has 0 bridgehead atoms. The van der Waals surface area contributed by atoms with Crippen LogP contribution in [0.1, 0.15) is 30.9 Å². The number of amides is 1. The van der Waals surface area contributed by atoms with Crippen molar-refractivity contribution in [3.05, 3.63) is 35.4 Å². The normalized spacial score (nSPS) is 16.0. The van der Waals surface area contributed by atoms with Crippen molar-refractivity contribution in [1.29, 1.82) is 0 Å². The van der Waals surface area contributed by atoms with Crippen molar-refractivity contribution in [1.82, 2.24) is 4.90 Å². The van der Waals surface area contributed by atoms with E-state index in [0.717, 1.165) is 25.0 Å². The van der Waals surface area contributed by atoms with Crippen LogP contribution in [0.25, 0.3) is 0 Å². The van der Waals surface area contributed by atoms with Crippen LogP contribution < -0.4 is 5.73 Å². The fourth-order valence-corrected chi connectivity index (χ4v) is 2.03. The Morgan fingerprint density at radius 1 is 1.33 bits per heavy atom. The van der Waals surface area contributed by atoms with Gasteiger partial charge in [-0.25, -0.2) is 0 Å². The van der Waals surface area contributed by atoms with Crippen molar-refractivity contribution in [2.24, 2.45) is 5.73 Å². The van der Waals surface area contributed by atoms with Gasteiger partial charge < -0.3 is 10.6 Å². The third kappa shape index (κ3) is 4.61. The van der Waals surface area contributed by atoms with E-state index in [4.69, 9.17) is 5.73 Å². The molecule has 1 aliphatic carbocycles. The first kappa shape index (κ1) is 17.8. The first-order valence-corrected chi connectivity index (χ1v) is 6.51. The number of carbonyl (C=O) groups excluding carboxylic acids is 1. The van der Waals surface area contributed by atoms with Gasteiger partial charge in [0.25, 0.3) is 0 Å². The highest BCUT2D eigenvalue weighted by atomic mass is 35.5. The second-order valence-corrected chi connectivity index (χ2v) is 5.18. The smallest absolute Gasteiger partial charge is 0.334 e. The van der Waals surface area contributed by atoms with Crippen LogP contribution in [0.4, 0.5) is 13.2 Å². The predicted molar refractivity (Wildman–Crippen MR) is 75.9 cm³/mol. The summed E-state index contributed by atoms with van der Waals surface area (Å²) in [5.41, 5.74) is 5.59. The van der Waals surface area contributed by atoms with Crippen LogP contribution in [-0.4, -0.2) is 22.9 Å². The number of carbonyl (C=O) groups is 1. The van der Waals surface area contributed by atoms with Gasteiger partial charge in [-0.1, -0.05) is 12.1 Å². The third-order valence-corrected chi connectivity index (χ3v) is 3.29. The second kappa shape index (κ2) is 6.66. The van der Waals surface area contributed by atoms with E-state index in [1.54, 1.807) is 11.8 Å². The van der Waals surface area contributed by atoms with Crippen molar-refractivity contribution < 1.29 is 18.0 Å². The minimum Gasteiger partial charge on any atom is -0.334 e. The van der Waals surface area contributed by atoms with Crippen molar-refractivity contribution in [3.8, 4) is 0 Å². The molecular formula is C14H18ClF3N2O. The van der Waals surface area contributed by atoms with Crippen LogP contribution in [0, 0.1) is 0 Å². The molecule has 1 fully saturated rings. The van der Waals surface area contributed by atoms with Gasteiger partial charge in [0.15, 0.2) is 0 Å². The maximum Gasteiger partial charge on any atom is 0.416 e. The Morgan fingerprint density at radius 2 is 1.86 bits per heavy atom.